The number of para-hydroxylation sites is 1. The van der Waals surface area contributed by atoms with E-state index in [4.69, 9.17) is 0 Å². The van der Waals surface area contributed by atoms with E-state index in [9.17, 15) is 9.59 Å². The predicted molar refractivity (Wildman–Crippen MR) is 95.4 cm³/mol. The third kappa shape index (κ3) is 3.50. The zero-order chi connectivity index (χ0) is 18.0. The number of aryl methyl sites for hydroxylation is 2. The van der Waals surface area contributed by atoms with Gasteiger partial charge in [-0.15, -0.1) is 0 Å². The average molecular weight is 337 g/mol. The van der Waals surface area contributed by atoms with Gasteiger partial charge >= 0.3 is 0 Å². The lowest BCUT2D eigenvalue weighted by Crippen LogP contribution is -2.33. The Hall–Kier alpha value is -3.22. The lowest BCUT2D eigenvalue weighted by atomic mass is 10.2. The van der Waals surface area contributed by atoms with Gasteiger partial charge < -0.3 is 10.6 Å². The van der Waals surface area contributed by atoms with E-state index in [1.807, 2.05) is 51.2 Å². The topological polar surface area (TPSA) is 88.9 Å². The summed E-state index contributed by atoms with van der Waals surface area (Å²) in [5.74, 6) is -0.700. The molecule has 7 nitrogen and oxygen atoms in total. The number of carbonyl (C=O) groups excluding carboxylic acids is 2. The molecule has 0 spiro atoms. The molecule has 3 rings (SSSR count). The predicted octanol–water partition coefficient (Wildman–Crippen LogP) is 1.95. The molecule has 3 aromatic rings. The number of carbonyl (C=O) groups is 2. The van der Waals surface area contributed by atoms with Crippen molar-refractivity contribution in [3.05, 3.63) is 53.5 Å². The first-order valence-electron chi connectivity index (χ1n) is 7.90. The van der Waals surface area contributed by atoms with Gasteiger partial charge in [-0.3, -0.25) is 14.3 Å². The van der Waals surface area contributed by atoms with E-state index in [1.54, 1.807) is 10.7 Å². The number of fused-ring (bicyclic) bond motifs is 1. The summed E-state index contributed by atoms with van der Waals surface area (Å²) in [6.45, 7) is 3.55. The van der Waals surface area contributed by atoms with Crippen molar-refractivity contribution in [3.63, 3.8) is 0 Å². The molecule has 0 unspecified atom stereocenters. The number of benzene rings is 1. The van der Waals surface area contributed by atoms with Crippen LogP contribution in [0.15, 0.2) is 36.4 Å². The SMILES string of the molecule is Cc1nn(C)c(C)c1NC(=O)CNC(=O)c1ccc2ccccc2n1. The van der Waals surface area contributed by atoms with E-state index >= 15 is 0 Å². The van der Waals surface area contributed by atoms with Crippen LogP contribution in [0.3, 0.4) is 0 Å². The fourth-order valence-electron chi connectivity index (χ4n) is 2.58. The van der Waals surface area contributed by atoms with Gasteiger partial charge in [0.2, 0.25) is 5.91 Å². The maximum absolute atomic E-state index is 12.2. The molecule has 2 N–H and O–H groups in total. The smallest absolute Gasteiger partial charge is 0.270 e. The molecule has 0 fully saturated rings. The Balaban J connectivity index is 1.63. The molecule has 0 bridgehead atoms. The molecule has 2 amide bonds. The van der Waals surface area contributed by atoms with Gasteiger partial charge in [0.15, 0.2) is 0 Å². The summed E-state index contributed by atoms with van der Waals surface area (Å²) in [6, 6.07) is 11.0. The molecule has 1 aromatic carbocycles. The Labute approximate surface area is 145 Å². The monoisotopic (exact) mass is 337 g/mol. The molecule has 0 aliphatic heterocycles. The Kier molecular flexibility index (Phi) is 4.47. The van der Waals surface area contributed by atoms with Crippen molar-refractivity contribution in [2.45, 2.75) is 13.8 Å². The highest BCUT2D eigenvalue weighted by Gasteiger charge is 2.14. The Morgan fingerprint density at radius 2 is 1.88 bits per heavy atom. The maximum atomic E-state index is 12.2. The first-order valence-corrected chi connectivity index (χ1v) is 7.90. The number of pyridine rings is 1. The summed E-state index contributed by atoms with van der Waals surface area (Å²) in [7, 11) is 1.81. The molecule has 7 heteroatoms. The van der Waals surface area contributed by atoms with E-state index in [0.29, 0.717) is 5.69 Å². The molecule has 2 heterocycles. The fraction of sp³-hybridized carbons (Fsp3) is 0.222. The second-order valence-corrected chi connectivity index (χ2v) is 5.79. The van der Waals surface area contributed by atoms with E-state index in [2.05, 4.69) is 20.7 Å². The Morgan fingerprint density at radius 3 is 2.60 bits per heavy atom. The van der Waals surface area contributed by atoms with Gasteiger partial charge in [0.25, 0.3) is 5.91 Å². The zero-order valence-corrected chi connectivity index (χ0v) is 14.3. The zero-order valence-electron chi connectivity index (χ0n) is 14.3. The van der Waals surface area contributed by atoms with Crippen LogP contribution in [0.25, 0.3) is 10.9 Å². The summed E-state index contributed by atoms with van der Waals surface area (Å²) < 4.78 is 1.70. The molecular formula is C18H19N5O2. The van der Waals surface area contributed by atoms with Gasteiger partial charge in [-0.25, -0.2) is 4.98 Å². The van der Waals surface area contributed by atoms with E-state index < -0.39 is 0 Å². The van der Waals surface area contributed by atoms with E-state index in [0.717, 1.165) is 22.3 Å². The molecule has 0 aliphatic carbocycles. The third-order valence-electron chi connectivity index (χ3n) is 4.01. The van der Waals surface area contributed by atoms with Crippen molar-refractivity contribution < 1.29 is 9.59 Å². The van der Waals surface area contributed by atoms with Crippen molar-refractivity contribution in [3.8, 4) is 0 Å². The standard InChI is InChI=1S/C18H19N5O2/c1-11-17(12(2)23(3)22-11)21-16(24)10-19-18(25)15-9-8-13-6-4-5-7-14(13)20-15/h4-9H,10H2,1-3H3,(H,19,25)(H,21,24). The number of hydrogen-bond donors (Lipinski definition) is 2. The first kappa shape index (κ1) is 16.6. The minimum absolute atomic E-state index is 0.138. The number of nitrogens with zero attached hydrogens (tertiary/aromatic N) is 3. The van der Waals surface area contributed by atoms with Crippen molar-refractivity contribution in [1.29, 1.82) is 0 Å². The van der Waals surface area contributed by atoms with Gasteiger partial charge in [-0.1, -0.05) is 24.3 Å². The van der Waals surface area contributed by atoms with Crippen LogP contribution in [0.4, 0.5) is 5.69 Å². The molecule has 128 valence electrons. The van der Waals surface area contributed by atoms with Crippen LogP contribution in [0.2, 0.25) is 0 Å². The van der Waals surface area contributed by atoms with Crippen LogP contribution in [-0.2, 0) is 11.8 Å². The highest BCUT2D eigenvalue weighted by Crippen LogP contribution is 2.17. The summed E-state index contributed by atoms with van der Waals surface area (Å²) in [5, 5.41) is 10.6. The largest absolute Gasteiger partial charge is 0.342 e. The van der Waals surface area contributed by atoms with Crippen LogP contribution in [-0.4, -0.2) is 33.1 Å². The second kappa shape index (κ2) is 6.72. The maximum Gasteiger partial charge on any atom is 0.270 e. The lowest BCUT2D eigenvalue weighted by molar-refractivity contribution is -0.115. The number of hydrogen-bond acceptors (Lipinski definition) is 4. The quantitative estimate of drug-likeness (QED) is 0.761. The lowest BCUT2D eigenvalue weighted by Gasteiger charge is -2.07. The molecule has 25 heavy (non-hydrogen) atoms. The Bertz CT molecular complexity index is 961. The van der Waals surface area contributed by atoms with Crippen LogP contribution >= 0.6 is 0 Å². The summed E-state index contributed by atoms with van der Waals surface area (Å²) in [4.78, 5) is 28.6. The number of amides is 2. The highest BCUT2D eigenvalue weighted by molar-refractivity contribution is 5.99. The average Bonchev–Trinajstić information content (AvgIpc) is 2.85. The number of aromatic nitrogens is 3. The van der Waals surface area contributed by atoms with Crippen molar-refractivity contribution in [2.24, 2.45) is 7.05 Å². The molecule has 0 saturated heterocycles. The van der Waals surface area contributed by atoms with Gasteiger partial charge in [-0.05, 0) is 26.0 Å². The third-order valence-corrected chi connectivity index (χ3v) is 4.01. The number of rotatable bonds is 4. The van der Waals surface area contributed by atoms with Crippen LogP contribution in [0, 0.1) is 13.8 Å². The van der Waals surface area contributed by atoms with Crippen LogP contribution < -0.4 is 10.6 Å². The van der Waals surface area contributed by atoms with Crippen molar-refractivity contribution >= 4 is 28.4 Å². The molecule has 2 aromatic heterocycles. The molecule has 0 saturated carbocycles. The van der Waals surface area contributed by atoms with Crippen LogP contribution in [0.1, 0.15) is 21.9 Å². The van der Waals surface area contributed by atoms with Gasteiger partial charge in [0.1, 0.15) is 5.69 Å². The van der Waals surface area contributed by atoms with Crippen molar-refractivity contribution in [2.75, 3.05) is 11.9 Å². The highest BCUT2D eigenvalue weighted by atomic mass is 16.2. The van der Waals surface area contributed by atoms with Gasteiger partial charge in [-0.2, -0.15) is 5.10 Å². The second-order valence-electron chi connectivity index (χ2n) is 5.79. The first-order chi connectivity index (χ1) is 12.0. The Morgan fingerprint density at radius 1 is 1.12 bits per heavy atom. The molecule has 0 radical (unpaired) electrons. The normalized spacial score (nSPS) is 10.7. The summed E-state index contributed by atoms with van der Waals surface area (Å²) in [6.07, 6.45) is 0. The summed E-state index contributed by atoms with van der Waals surface area (Å²) >= 11 is 0. The number of anilines is 1. The van der Waals surface area contributed by atoms with E-state index in [1.165, 1.54) is 0 Å². The van der Waals surface area contributed by atoms with Gasteiger partial charge in [0.05, 0.1) is 29.1 Å². The fourth-order valence-corrected chi connectivity index (χ4v) is 2.58. The minimum Gasteiger partial charge on any atom is -0.342 e. The molecule has 0 aliphatic rings. The van der Waals surface area contributed by atoms with Crippen molar-refractivity contribution in [1.82, 2.24) is 20.1 Å². The molecule has 0 atom stereocenters. The minimum atomic E-state index is -0.388. The van der Waals surface area contributed by atoms with E-state index in [-0.39, 0.29) is 24.1 Å². The number of nitrogens with one attached hydrogen (secondary N) is 2. The van der Waals surface area contributed by atoms with Gasteiger partial charge in [0, 0.05) is 12.4 Å². The summed E-state index contributed by atoms with van der Waals surface area (Å²) in [5.41, 5.74) is 3.27. The van der Waals surface area contributed by atoms with Crippen LogP contribution in [0.5, 0.6) is 0 Å². The molecular weight excluding hydrogens is 318 g/mol.